The Hall–Kier alpha value is -1.79. The molecule has 2 aromatic rings. The summed E-state index contributed by atoms with van der Waals surface area (Å²) >= 11 is 1.44. The first kappa shape index (κ1) is 18.0. The molecule has 1 amide bonds. The summed E-state index contributed by atoms with van der Waals surface area (Å²) in [6.07, 6.45) is 5.66. The molecule has 0 aliphatic carbocycles. The van der Waals surface area contributed by atoms with Crippen LogP contribution in [0.1, 0.15) is 66.5 Å². The lowest BCUT2D eigenvalue weighted by atomic mass is 10.0. The lowest BCUT2D eigenvalue weighted by molar-refractivity contribution is 0.0898. The maximum absolute atomic E-state index is 12.6. The Labute approximate surface area is 153 Å². The Kier molecular flexibility index (Phi) is 5.81. The number of likely N-dealkylation sites (tertiary alicyclic amines) is 1. The van der Waals surface area contributed by atoms with Crippen molar-refractivity contribution in [1.82, 2.24) is 20.2 Å². The second-order valence-electron chi connectivity index (χ2n) is 6.96. The summed E-state index contributed by atoms with van der Waals surface area (Å²) in [6.45, 7) is 8.37. The van der Waals surface area contributed by atoms with Crippen molar-refractivity contribution in [2.75, 3.05) is 13.1 Å². The number of rotatable bonds is 5. The summed E-state index contributed by atoms with van der Waals surface area (Å²) in [5.41, 5.74) is 3.97. The van der Waals surface area contributed by atoms with Crippen LogP contribution in [0.5, 0.6) is 0 Å². The molecule has 0 bridgehead atoms. The minimum Gasteiger partial charge on any atom is -0.348 e. The second kappa shape index (κ2) is 8.06. The molecule has 1 unspecified atom stereocenters. The van der Waals surface area contributed by atoms with Gasteiger partial charge in [0, 0.05) is 37.6 Å². The fraction of sp³-hybridized carbons (Fsp3) is 0.526. The zero-order chi connectivity index (χ0) is 17.8. The zero-order valence-corrected chi connectivity index (χ0v) is 15.9. The van der Waals surface area contributed by atoms with Crippen LogP contribution in [0.4, 0.5) is 0 Å². The Morgan fingerprint density at radius 3 is 2.56 bits per heavy atom. The van der Waals surface area contributed by atoms with E-state index in [-0.39, 0.29) is 17.9 Å². The van der Waals surface area contributed by atoms with Gasteiger partial charge in [-0.1, -0.05) is 13.8 Å². The van der Waals surface area contributed by atoms with Gasteiger partial charge in [0.25, 0.3) is 5.91 Å². The number of carbonyl (C=O) groups excluding carboxylic acids is 1. The first-order valence-corrected chi connectivity index (χ1v) is 9.82. The molecule has 25 heavy (non-hydrogen) atoms. The molecule has 1 fully saturated rings. The van der Waals surface area contributed by atoms with Gasteiger partial charge < -0.3 is 5.32 Å². The van der Waals surface area contributed by atoms with Crippen molar-refractivity contribution >= 4 is 17.2 Å². The molecule has 134 valence electrons. The quantitative estimate of drug-likeness (QED) is 0.887. The minimum absolute atomic E-state index is 0.0341. The number of aromatic nitrogens is 2. The molecule has 1 atom stereocenters. The number of hydrogen-bond acceptors (Lipinski definition) is 5. The van der Waals surface area contributed by atoms with Crippen LogP contribution in [0, 0.1) is 0 Å². The van der Waals surface area contributed by atoms with Crippen LogP contribution in [-0.4, -0.2) is 39.9 Å². The summed E-state index contributed by atoms with van der Waals surface area (Å²) in [7, 11) is 0. The first-order chi connectivity index (χ1) is 12.1. The normalized spacial score (nSPS) is 17.6. The van der Waals surface area contributed by atoms with Crippen LogP contribution < -0.4 is 5.32 Å². The van der Waals surface area contributed by atoms with Gasteiger partial charge in [0.05, 0.1) is 11.2 Å². The van der Waals surface area contributed by atoms with Crippen molar-refractivity contribution < 1.29 is 4.79 Å². The highest BCUT2D eigenvalue weighted by Gasteiger charge is 2.26. The molecule has 6 heteroatoms. The van der Waals surface area contributed by atoms with Gasteiger partial charge in [-0.25, -0.2) is 4.98 Å². The Balaban J connectivity index is 1.54. The SMILES string of the molecule is CC(C)c1ncsc1C(=O)NC1CCN(C(C)c2ccncc2)CC1. The summed E-state index contributed by atoms with van der Waals surface area (Å²) in [4.78, 5) is 24.3. The van der Waals surface area contributed by atoms with Crippen LogP contribution in [0.25, 0.3) is 0 Å². The van der Waals surface area contributed by atoms with E-state index in [4.69, 9.17) is 0 Å². The van der Waals surface area contributed by atoms with E-state index in [2.05, 4.69) is 53.1 Å². The van der Waals surface area contributed by atoms with E-state index >= 15 is 0 Å². The largest absolute Gasteiger partial charge is 0.348 e. The summed E-state index contributed by atoms with van der Waals surface area (Å²) in [5, 5.41) is 3.21. The van der Waals surface area contributed by atoms with E-state index in [0.29, 0.717) is 6.04 Å². The van der Waals surface area contributed by atoms with Crippen LogP contribution >= 0.6 is 11.3 Å². The van der Waals surface area contributed by atoms with Crippen LogP contribution in [0.2, 0.25) is 0 Å². The van der Waals surface area contributed by atoms with E-state index < -0.39 is 0 Å². The molecule has 0 spiro atoms. The van der Waals surface area contributed by atoms with E-state index in [1.165, 1.54) is 16.9 Å². The Morgan fingerprint density at radius 2 is 1.92 bits per heavy atom. The molecule has 1 saturated heterocycles. The second-order valence-corrected chi connectivity index (χ2v) is 7.82. The van der Waals surface area contributed by atoms with Gasteiger partial charge in [-0.3, -0.25) is 14.7 Å². The monoisotopic (exact) mass is 358 g/mol. The topological polar surface area (TPSA) is 58.1 Å². The van der Waals surface area contributed by atoms with E-state index in [9.17, 15) is 4.79 Å². The number of hydrogen-bond donors (Lipinski definition) is 1. The van der Waals surface area contributed by atoms with Crippen molar-refractivity contribution in [2.24, 2.45) is 0 Å². The Morgan fingerprint density at radius 1 is 1.24 bits per heavy atom. The molecular formula is C19H26N4OS. The third kappa shape index (κ3) is 4.25. The van der Waals surface area contributed by atoms with Gasteiger partial charge >= 0.3 is 0 Å². The zero-order valence-electron chi connectivity index (χ0n) is 15.1. The molecule has 0 saturated carbocycles. The minimum atomic E-state index is 0.0341. The average Bonchev–Trinajstić information content (AvgIpc) is 3.13. The highest BCUT2D eigenvalue weighted by atomic mass is 32.1. The number of amides is 1. The number of nitrogens with zero attached hydrogens (tertiary/aromatic N) is 3. The van der Waals surface area contributed by atoms with E-state index in [0.717, 1.165) is 36.5 Å². The van der Waals surface area contributed by atoms with Crippen LogP contribution in [0.3, 0.4) is 0 Å². The fourth-order valence-corrected chi connectivity index (χ4v) is 4.22. The fourth-order valence-electron chi connectivity index (χ4n) is 3.37. The number of carbonyl (C=O) groups is 1. The molecule has 3 heterocycles. The predicted octanol–water partition coefficient (Wildman–Crippen LogP) is 3.62. The average molecular weight is 359 g/mol. The lowest BCUT2D eigenvalue weighted by Gasteiger charge is -2.36. The molecule has 0 aromatic carbocycles. The van der Waals surface area contributed by atoms with Gasteiger partial charge in [-0.05, 0) is 43.4 Å². The molecule has 3 rings (SSSR count). The third-order valence-corrected chi connectivity index (χ3v) is 5.79. The van der Waals surface area contributed by atoms with Crippen molar-refractivity contribution in [3.63, 3.8) is 0 Å². The highest BCUT2D eigenvalue weighted by Crippen LogP contribution is 2.25. The third-order valence-electron chi connectivity index (χ3n) is 4.95. The molecule has 1 aliphatic rings. The van der Waals surface area contributed by atoms with E-state index in [1.807, 2.05) is 12.4 Å². The van der Waals surface area contributed by atoms with Gasteiger partial charge in [-0.2, -0.15) is 0 Å². The Bertz CT molecular complexity index is 692. The van der Waals surface area contributed by atoms with Gasteiger partial charge in [0.1, 0.15) is 4.88 Å². The number of nitrogens with one attached hydrogen (secondary N) is 1. The predicted molar refractivity (Wildman–Crippen MR) is 101 cm³/mol. The van der Waals surface area contributed by atoms with E-state index in [1.54, 1.807) is 5.51 Å². The van der Waals surface area contributed by atoms with Gasteiger partial charge in [0.15, 0.2) is 0 Å². The molecule has 1 aliphatic heterocycles. The first-order valence-electron chi connectivity index (χ1n) is 8.94. The van der Waals surface area contributed by atoms with Crippen molar-refractivity contribution in [1.29, 1.82) is 0 Å². The molecule has 2 aromatic heterocycles. The van der Waals surface area contributed by atoms with Crippen LogP contribution in [0.15, 0.2) is 30.0 Å². The molecule has 5 nitrogen and oxygen atoms in total. The summed E-state index contributed by atoms with van der Waals surface area (Å²) in [6, 6.07) is 4.79. The van der Waals surface area contributed by atoms with Gasteiger partial charge in [0.2, 0.25) is 0 Å². The molecule has 0 radical (unpaired) electrons. The van der Waals surface area contributed by atoms with Crippen molar-refractivity contribution in [3.05, 3.63) is 46.2 Å². The van der Waals surface area contributed by atoms with Crippen molar-refractivity contribution in [3.8, 4) is 0 Å². The number of pyridine rings is 1. The van der Waals surface area contributed by atoms with Crippen molar-refractivity contribution in [2.45, 2.75) is 51.6 Å². The summed E-state index contributed by atoms with van der Waals surface area (Å²) < 4.78 is 0. The highest BCUT2D eigenvalue weighted by molar-refractivity contribution is 7.11. The smallest absolute Gasteiger partial charge is 0.263 e. The van der Waals surface area contributed by atoms with Crippen LogP contribution in [-0.2, 0) is 0 Å². The standard InChI is InChI=1S/C19H26N4OS/c1-13(2)17-18(25-12-21-17)19(24)22-16-6-10-23(11-7-16)14(3)15-4-8-20-9-5-15/h4-5,8-9,12-14,16H,6-7,10-11H2,1-3H3,(H,22,24). The summed E-state index contributed by atoms with van der Waals surface area (Å²) in [5.74, 6) is 0.307. The lowest BCUT2D eigenvalue weighted by Crippen LogP contribution is -2.45. The maximum Gasteiger partial charge on any atom is 0.263 e. The molecular weight excluding hydrogens is 332 g/mol. The number of piperidine rings is 1. The van der Waals surface area contributed by atoms with Gasteiger partial charge in [-0.15, -0.1) is 11.3 Å². The number of thiazole rings is 1. The molecule has 1 N–H and O–H groups in total. The maximum atomic E-state index is 12.6.